The zero-order valence-corrected chi connectivity index (χ0v) is 14.2. The van der Waals surface area contributed by atoms with E-state index in [1.807, 2.05) is 0 Å². The van der Waals surface area contributed by atoms with E-state index in [0.717, 1.165) is 32.1 Å². The van der Waals surface area contributed by atoms with E-state index in [-0.39, 0.29) is 36.6 Å². The molecule has 0 heterocycles. The van der Waals surface area contributed by atoms with E-state index < -0.39 is 12.1 Å². The largest absolute Gasteiger partial charge is 0.481 e. The molecule has 0 aromatic heterocycles. The summed E-state index contributed by atoms with van der Waals surface area (Å²) in [7, 11) is 0. The molecule has 1 fully saturated rings. The Morgan fingerprint density at radius 3 is 2.57 bits per heavy atom. The zero-order valence-electron chi connectivity index (χ0n) is 14.2. The van der Waals surface area contributed by atoms with E-state index in [9.17, 15) is 19.8 Å². The average Bonchev–Trinajstić information content (AvgIpc) is 2.75. The van der Waals surface area contributed by atoms with Gasteiger partial charge in [0.2, 0.25) is 0 Å². The number of Topliss-reactive ketones (excluding diaryl/α,β-unsaturated/α-hetero) is 1. The van der Waals surface area contributed by atoms with Crippen molar-refractivity contribution < 1.29 is 24.9 Å². The molecule has 1 rings (SSSR count). The molecule has 0 bridgehead atoms. The molecular formula is C18H32O5. The fraction of sp³-hybridized carbons (Fsp3) is 0.889. The molecule has 0 aromatic rings. The number of hydrogen-bond acceptors (Lipinski definition) is 4. The van der Waals surface area contributed by atoms with Crippen LogP contribution in [-0.4, -0.2) is 39.3 Å². The van der Waals surface area contributed by atoms with Crippen LogP contribution in [0.1, 0.15) is 77.6 Å². The molecule has 0 aromatic carbocycles. The van der Waals surface area contributed by atoms with Gasteiger partial charge in [-0.1, -0.05) is 32.6 Å². The van der Waals surface area contributed by atoms with Gasteiger partial charge in [0.15, 0.2) is 0 Å². The second-order valence-corrected chi connectivity index (χ2v) is 6.87. The van der Waals surface area contributed by atoms with E-state index in [0.29, 0.717) is 25.7 Å². The van der Waals surface area contributed by atoms with Crippen LogP contribution in [0.15, 0.2) is 0 Å². The van der Waals surface area contributed by atoms with Gasteiger partial charge in [-0.3, -0.25) is 9.59 Å². The highest BCUT2D eigenvalue weighted by molar-refractivity contribution is 5.84. The molecule has 0 unspecified atom stereocenters. The average molecular weight is 328 g/mol. The van der Waals surface area contributed by atoms with Gasteiger partial charge in [-0.15, -0.1) is 0 Å². The number of hydrogen-bond donors (Lipinski definition) is 3. The number of rotatable bonds is 12. The summed E-state index contributed by atoms with van der Waals surface area (Å²) in [6.45, 7) is 2.12. The fourth-order valence-electron chi connectivity index (χ4n) is 3.59. The smallest absolute Gasteiger partial charge is 0.303 e. The predicted octanol–water partition coefficient (Wildman–Crippen LogP) is 2.92. The summed E-state index contributed by atoms with van der Waals surface area (Å²) in [5.74, 6) is -0.948. The minimum Gasteiger partial charge on any atom is -0.481 e. The summed E-state index contributed by atoms with van der Waals surface area (Å²) in [5.41, 5.74) is 0. The highest BCUT2D eigenvalue weighted by Crippen LogP contribution is 2.36. The molecule has 0 spiro atoms. The molecule has 5 heteroatoms. The summed E-state index contributed by atoms with van der Waals surface area (Å²) < 4.78 is 0. The maximum Gasteiger partial charge on any atom is 0.303 e. The van der Waals surface area contributed by atoms with Crippen molar-refractivity contribution >= 4 is 11.8 Å². The topological polar surface area (TPSA) is 94.8 Å². The molecule has 1 aliphatic carbocycles. The van der Waals surface area contributed by atoms with Crippen LogP contribution in [0.4, 0.5) is 0 Å². The maximum absolute atomic E-state index is 12.1. The van der Waals surface area contributed by atoms with E-state index in [1.54, 1.807) is 0 Å². The van der Waals surface area contributed by atoms with Crippen molar-refractivity contribution in [2.75, 3.05) is 0 Å². The second-order valence-electron chi connectivity index (χ2n) is 6.87. The first kappa shape index (κ1) is 20.1. The van der Waals surface area contributed by atoms with Crippen molar-refractivity contribution in [1.29, 1.82) is 0 Å². The number of ketones is 1. The number of carbonyl (C=O) groups is 2. The molecule has 5 nitrogen and oxygen atoms in total. The van der Waals surface area contributed by atoms with Crippen LogP contribution in [0, 0.1) is 11.8 Å². The molecule has 0 amide bonds. The molecule has 0 saturated heterocycles. The van der Waals surface area contributed by atoms with Gasteiger partial charge in [-0.2, -0.15) is 0 Å². The third-order valence-electron chi connectivity index (χ3n) is 4.96. The quantitative estimate of drug-likeness (QED) is 0.479. The van der Waals surface area contributed by atoms with E-state index in [1.165, 1.54) is 0 Å². The summed E-state index contributed by atoms with van der Waals surface area (Å²) in [6.07, 6.45) is 6.64. The Morgan fingerprint density at radius 2 is 1.91 bits per heavy atom. The lowest BCUT2D eigenvalue weighted by Gasteiger charge is -2.22. The predicted molar refractivity (Wildman–Crippen MR) is 88.1 cm³/mol. The lowest BCUT2D eigenvalue weighted by Crippen LogP contribution is -2.22. The van der Waals surface area contributed by atoms with Crippen molar-refractivity contribution in [3.63, 3.8) is 0 Å². The van der Waals surface area contributed by atoms with Crippen LogP contribution in [-0.2, 0) is 9.59 Å². The minimum atomic E-state index is -0.806. The van der Waals surface area contributed by atoms with Gasteiger partial charge < -0.3 is 15.3 Å². The molecule has 134 valence electrons. The summed E-state index contributed by atoms with van der Waals surface area (Å²) in [6, 6.07) is 0. The normalized spacial score (nSPS) is 25.7. The van der Waals surface area contributed by atoms with Gasteiger partial charge in [-0.05, 0) is 38.0 Å². The fourth-order valence-corrected chi connectivity index (χ4v) is 3.59. The van der Waals surface area contributed by atoms with Crippen LogP contribution >= 0.6 is 0 Å². The first-order valence-corrected chi connectivity index (χ1v) is 9.06. The van der Waals surface area contributed by atoms with Gasteiger partial charge in [-0.25, -0.2) is 0 Å². The lowest BCUT2D eigenvalue weighted by molar-refractivity contribution is -0.137. The molecule has 23 heavy (non-hydrogen) atoms. The van der Waals surface area contributed by atoms with Crippen LogP contribution in [0.3, 0.4) is 0 Å². The molecule has 1 aliphatic rings. The lowest BCUT2D eigenvalue weighted by atomic mass is 9.85. The SMILES string of the molecule is CCCCC[C@H](O)CC[C@H]1C(=O)C[C@H](O)[C@@H]1CCCCC(=O)O. The van der Waals surface area contributed by atoms with Crippen molar-refractivity contribution in [2.24, 2.45) is 11.8 Å². The van der Waals surface area contributed by atoms with E-state index in [2.05, 4.69) is 6.92 Å². The standard InChI is InChI=1S/C18H32O5/c1-2-3-4-7-13(19)10-11-15-14(16(20)12-17(15)21)8-5-6-9-18(22)23/h13-16,19-20H,2-12H2,1H3,(H,22,23)/t13-,14+,15+,16-/m0/s1. The van der Waals surface area contributed by atoms with E-state index >= 15 is 0 Å². The summed E-state index contributed by atoms with van der Waals surface area (Å²) in [4.78, 5) is 22.6. The van der Waals surface area contributed by atoms with Crippen molar-refractivity contribution in [2.45, 2.75) is 89.8 Å². The van der Waals surface area contributed by atoms with E-state index in [4.69, 9.17) is 5.11 Å². The Kier molecular flexibility index (Phi) is 9.41. The molecule has 0 radical (unpaired) electrons. The Morgan fingerprint density at radius 1 is 1.17 bits per heavy atom. The third-order valence-corrected chi connectivity index (χ3v) is 4.96. The summed E-state index contributed by atoms with van der Waals surface area (Å²) in [5, 5.41) is 28.7. The molecule has 0 aliphatic heterocycles. The Hall–Kier alpha value is -0.940. The molecule has 3 N–H and O–H groups in total. The van der Waals surface area contributed by atoms with Gasteiger partial charge in [0.05, 0.1) is 12.2 Å². The van der Waals surface area contributed by atoms with Gasteiger partial charge in [0, 0.05) is 18.8 Å². The Bertz CT molecular complexity index is 368. The molecular weight excluding hydrogens is 296 g/mol. The number of unbranched alkanes of at least 4 members (excludes halogenated alkanes) is 3. The van der Waals surface area contributed by atoms with Crippen LogP contribution in [0.5, 0.6) is 0 Å². The first-order chi connectivity index (χ1) is 11.0. The number of aliphatic carboxylic acids is 1. The number of carboxylic acids is 1. The van der Waals surface area contributed by atoms with Crippen LogP contribution in [0.2, 0.25) is 0 Å². The monoisotopic (exact) mass is 328 g/mol. The Balaban J connectivity index is 2.37. The number of carboxylic acid groups (broad SMARTS) is 1. The van der Waals surface area contributed by atoms with Crippen molar-refractivity contribution in [1.82, 2.24) is 0 Å². The maximum atomic E-state index is 12.1. The van der Waals surface area contributed by atoms with Gasteiger partial charge >= 0.3 is 5.97 Å². The second kappa shape index (κ2) is 10.8. The highest BCUT2D eigenvalue weighted by Gasteiger charge is 2.40. The number of carbonyl (C=O) groups excluding carboxylic acids is 1. The summed E-state index contributed by atoms with van der Waals surface area (Å²) >= 11 is 0. The first-order valence-electron chi connectivity index (χ1n) is 9.06. The van der Waals surface area contributed by atoms with Gasteiger partial charge in [0.25, 0.3) is 0 Å². The van der Waals surface area contributed by atoms with Gasteiger partial charge in [0.1, 0.15) is 5.78 Å². The van der Waals surface area contributed by atoms with Crippen LogP contribution < -0.4 is 0 Å². The number of aliphatic hydroxyl groups excluding tert-OH is 2. The minimum absolute atomic E-state index is 0.0702. The zero-order chi connectivity index (χ0) is 17.2. The van der Waals surface area contributed by atoms with Crippen molar-refractivity contribution in [3.05, 3.63) is 0 Å². The number of aliphatic hydroxyl groups is 2. The Labute approximate surface area is 139 Å². The highest BCUT2D eigenvalue weighted by atomic mass is 16.4. The molecule has 4 atom stereocenters. The van der Waals surface area contributed by atoms with Crippen LogP contribution in [0.25, 0.3) is 0 Å². The molecule has 1 saturated carbocycles. The van der Waals surface area contributed by atoms with Crippen molar-refractivity contribution in [3.8, 4) is 0 Å². The third kappa shape index (κ3) is 7.44.